The number of carbonyl (C=O) groups is 2. The average molecular weight is 281 g/mol. The molecule has 0 saturated carbocycles. The first-order chi connectivity index (χ1) is 9.29. The first-order valence-electron chi connectivity index (χ1n) is 6.37. The molecule has 1 amide bonds. The van der Waals surface area contributed by atoms with Crippen LogP contribution in [0.1, 0.15) is 41.4 Å². The SMILES string of the molecule is CCC[C@H](NC(=O)c1c(C)c(C)nn(C)c1=O)C(=O)O. The van der Waals surface area contributed by atoms with E-state index in [1.54, 1.807) is 13.8 Å². The number of amides is 1. The van der Waals surface area contributed by atoms with E-state index in [1.807, 2.05) is 6.92 Å². The van der Waals surface area contributed by atoms with Gasteiger partial charge >= 0.3 is 5.97 Å². The maximum atomic E-state index is 12.2. The Kier molecular flexibility index (Phi) is 5.01. The zero-order chi connectivity index (χ0) is 15.4. The van der Waals surface area contributed by atoms with Crippen LogP contribution in [-0.2, 0) is 11.8 Å². The number of carboxylic acids is 1. The highest BCUT2D eigenvalue weighted by molar-refractivity contribution is 5.97. The highest BCUT2D eigenvalue weighted by Gasteiger charge is 2.23. The molecule has 2 N–H and O–H groups in total. The lowest BCUT2D eigenvalue weighted by atomic mass is 10.1. The standard InChI is InChI=1S/C13H19N3O4/c1-5-6-9(13(19)20)14-11(17)10-7(2)8(3)15-16(4)12(10)18/h9H,5-6H2,1-4H3,(H,14,17)(H,19,20)/t9-/m0/s1. The zero-order valence-electron chi connectivity index (χ0n) is 12.1. The molecule has 110 valence electrons. The molecule has 1 heterocycles. The van der Waals surface area contributed by atoms with Gasteiger partial charge < -0.3 is 10.4 Å². The summed E-state index contributed by atoms with van der Waals surface area (Å²) in [5.74, 6) is -1.78. The Morgan fingerprint density at radius 2 is 2.00 bits per heavy atom. The van der Waals surface area contributed by atoms with Crippen molar-refractivity contribution in [2.75, 3.05) is 0 Å². The Bertz CT molecular complexity index is 592. The number of carboxylic acid groups (broad SMARTS) is 1. The second-order valence-electron chi connectivity index (χ2n) is 4.67. The van der Waals surface area contributed by atoms with E-state index in [0.29, 0.717) is 24.1 Å². The van der Waals surface area contributed by atoms with Crippen LogP contribution in [0.25, 0.3) is 0 Å². The van der Waals surface area contributed by atoms with E-state index in [2.05, 4.69) is 10.4 Å². The number of rotatable bonds is 5. The third kappa shape index (κ3) is 3.23. The van der Waals surface area contributed by atoms with Gasteiger partial charge in [0.1, 0.15) is 11.6 Å². The second kappa shape index (κ2) is 6.31. The first-order valence-corrected chi connectivity index (χ1v) is 6.37. The fourth-order valence-electron chi connectivity index (χ4n) is 1.89. The molecule has 0 radical (unpaired) electrons. The van der Waals surface area contributed by atoms with E-state index in [0.717, 1.165) is 4.68 Å². The molecule has 1 aromatic heterocycles. The lowest BCUT2D eigenvalue weighted by molar-refractivity contribution is -0.139. The lowest BCUT2D eigenvalue weighted by Crippen LogP contribution is -2.43. The van der Waals surface area contributed by atoms with Crippen molar-refractivity contribution in [3.05, 3.63) is 27.2 Å². The highest BCUT2D eigenvalue weighted by Crippen LogP contribution is 2.07. The van der Waals surface area contributed by atoms with Crippen molar-refractivity contribution in [2.45, 2.75) is 39.7 Å². The molecule has 0 spiro atoms. The largest absolute Gasteiger partial charge is 0.480 e. The molecule has 0 saturated heterocycles. The maximum Gasteiger partial charge on any atom is 0.326 e. The molecule has 7 heteroatoms. The van der Waals surface area contributed by atoms with Crippen LogP contribution in [0.3, 0.4) is 0 Å². The summed E-state index contributed by atoms with van der Waals surface area (Å²) in [6.45, 7) is 5.13. The smallest absolute Gasteiger partial charge is 0.326 e. The van der Waals surface area contributed by atoms with Gasteiger partial charge in [-0.3, -0.25) is 9.59 Å². The van der Waals surface area contributed by atoms with Gasteiger partial charge in [0.15, 0.2) is 0 Å². The van der Waals surface area contributed by atoms with Crippen molar-refractivity contribution in [2.24, 2.45) is 7.05 Å². The van der Waals surface area contributed by atoms with Crippen LogP contribution >= 0.6 is 0 Å². The second-order valence-corrected chi connectivity index (χ2v) is 4.67. The predicted octanol–water partition coefficient (Wildman–Crippen LogP) is 0.380. The molecule has 0 aliphatic heterocycles. The van der Waals surface area contributed by atoms with E-state index in [4.69, 9.17) is 5.11 Å². The van der Waals surface area contributed by atoms with Crippen LogP contribution in [0, 0.1) is 13.8 Å². The van der Waals surface area contributed by atoms with Crippen molar-refractivity contribution in [1.29, 1.82) is 0 Å². The number of nitrogens with zero attached hydrogens (tertiary/aromatic N) is 2. The van der Waals surface area contributed by atoms with E-state index in [1.165, 1.54) is 7.05 Å². The lowest BCUT2D eigenvalue weighted by Gasteiger charge is -2.15. The Labute approximate surface area is 116 Å². The fraction of sp³-hybridized carbons (Fsp3) is 0.538. The van der Waals surface area contributed by atoms with Crippen LogP contribution in [-0.4, -0.2) is 32.8 Å². The van der Waals surface area contributed by atoms with Crippen LogP contribution in [0.4, 0.5) is 0 Å². The molecule has 1 rings (SSSR count). The maximum absolute atomic E-state index is 12.2. The van der Waals surface area contributed by atoms with E-state index >= 15 is 0 Å². The number of aromatic nitrogens is 2. The Hall–Kier alpha value is -2.18. The molecule has 1 atom stereocenters. The van der Waals surface area contributed by atoms with Gasteiger partial charge in [0, 0.05) is 7.05 Å². The molecule has 0 aromatic carbocycles. The Morgan fingerprint density at radius 3 is 2.50 bits per heavy atom. The van der Waals surface area contributed by atoms with Gasteiger partial charge in [-0.05, 0) is 25.8 Å². The van der Waals surface area contributed by atoms with Crippen molar-refractivity contribution in [3.63, 3.8) is 0 Å². The molecule has 0 aliphatic rings. The van der Waals surface area contributed by atoms with Crippen molar-refractivity contribution in [3.8, 4) is 0 Å². The van der Waals surface area contributed by atoms with Gasteiger partial charge in [-0.1, -0.05) is 13.3 Å². The van der Waals surface area contributed by atoms with Crippen molar-refractivity contribution in [1.82, 2.24) is 15.1 Å². The van der Waals surface area contributed by atoms with Gasteiger partial charge in [-0.2, -0.15) is 5.10 Å². The fourth-order valence-corrected chi connectivity index (χ4v) is 1.89. The van der Waals surface area contributed by atoms with Gasteiger partial charge in [-0.15, -0.1) is 0 Å². The van der Waals surface area contributed by atoms with E-state index in [-0.39, 0.29) is 5.56 Å². The molecule has 1 aromatic rings. The third-order valence-corrected chi connectivity index (χ3v) is 3.13. The molecule has 0 aliphatic carbocycles. The highest BCUT2D eigenvalue weighted by atomic mass is 16.4. The minimum Gasteiger partial charge on any atom is -0.480 e. The van der Waals surface area contributed by atoms with Crippen molar-refractivity contribution >= 4 is 11.9 Å². The summed E-state index contributed by atoms with van der Waals surface area (Å²) in [7, 11) is 1.45. The summed E-state index contributed by atoms with van der Waals surface area (Å²) in [4.78, 5) is 35.2. The van der Waals surface area contributed by atoms with Gasteiger partial charge in [0.25, 0.3) is 11.5 Å². The van der Waals surface area contributed by atoms with Crippen LogP contribution < -0.4 is 10.9 Å². The summed E-state index contributed by atoms with van der Waals surface area (Å²) in [5.41, 5.74) is 0.430. The number of carbonyl (C=O) groups excluding carboxylic acids is 1. The van der Waals surface area contributed by atoms with Gasteiger partial charge in [0.05, 0.1) is 5.69 Å². The molecule has 0 fully saturated rings. The molecule has 0 unspecified atom stereocenters. The summed E-state index contributed by atoms with van der Waals surface area (Å²) in [6, 6.07) is -0.995. The number of nitrogens with one attached hydrogen (secondary N) is 1. The molecule has 7 nitrogen and oxygen atoms in total. The molecular formula is C13H19N3O4. The van der Waals surface area contributed by atoms with E-state index in [9.17, 15) is 14.4 Å². The number of aryl methyl sites for hydroxylation is 2. The summed E-state index contributed by atoms with van der Waals surface area (Å²) >= 11 is 0. The molecular weight excluding hydrogens is 262 g/mol. The number of aliphatic carboxylic acids is 1. The van der Waals surface area contributed by atoms with Gasteiger partial charge in [-0.25, -0.2) is 9.48 Å². The monoisotopic (exact) mass is 281 g/mol. The molecule has 0 bridgehead atoms. The summed E-state index contributed by atoms with van der Waals surface area (Å²) < 4.78 is 1.08. The van der Waals surface area contributed by atoms with Crippen molar-refractivity contribution < 1.29 is 14.7 Å². The minimum absolute atomic E-state index is 0.0534. The normalized spacial score (nSPS) is 12.0. The Balaban J connectivity index is 3.16. The van der Waals surface area contributed by atoms with Crippen LogP contribution in [0.5, 0.6) is 0 Å². The third-order valence-electron chi connectivity index (χ3n) is 3.13. The Morgan fingerprint density at radius 1 is 1.40 bits per heavy atom. The first kappa shape index (κ1) is 15.9. The minimum atomic E-state index is -1.11. The van der Waals surface area contributed by atoms with Crippen LogP contribution in [0.2, 0.25) is 0 Å². The quantitative estimate of drug-likeness (QED) is 0.812. The summed E-state index contributed by atoms with van der Waals surface area (Å²) in [6.07, 6.45) is 0.925. The zero-order valence-corrected chi connectivity index (χ0v) is 12.1. The predicted molar refractivity (Wildman–Crippen MR) is 72.8 cm³/mol. The molecule has 20 heavy (non-hydrogen) atoms. The number of hydrogen-bond donors (Lipinski definition) is 2. The van der Waals surface area contributed by atoms with Gasteiger partial charge in [0.2, 0.25) is 0 Å². The van der Waals surface area contributed by atoms with Crippen LogP contribution in [0.15, 0.2) is 4.79 Å². The van der Waals surface area contributed by atoms with E-state index < -0.39 is 23.5 Å². The summed E-state index contributed by atoms with van der Waals surface area (Å²) in [5, 5.41) is 15.4. The number of hydrogen-bond acceptors (Lipinski definition) is 4. The topological polar surface area (TPSA) is 101 Å². The average Bonchev–Trinajstić information content (AvgIpc) is 2.36.